The van der Waals surface area contributed by atoms with E-state index in [1.54, 1.807) is 7.11 Å². The van der Waals surface area contributed by atoms with Crippen LogP contribution in [0.3, 0.4) is 0 Å². The third kappa shape index (κ3) is 5.15. The van der Waals surface area contributed by atoms with E-state index in [1.807, 2.05) is 24.3 Å². The maximum absolute atomic E-state index is 5.66. The summed E-state index contributed by atoms with van der Waals surface area (Å²) in [5, 5.41) is 3.36. The van der Waals surface area contributed by atoms with Crippen LogP contribution in [0.25, 0.3) is 0 Å². The second-order valence-electron chi connectivity index (χ2n) is 3.89. The van der Waals surface area contributed by atoms with Crippen LogP contribution in [0.4, 0.5) is 5.69 Å². The normalized spacial score (nSPS) is 10.2. The summed E-state index contributed by atoms with van der Waals surface area (Å²) in [7, 11) is 1.73. The van der Waals surface area contributed by atoms with Crippen molar-refractivity contribution in [1.29, 1.82) is 0 Å². The van der Waals surface area contributed by atoms with E-state index in [9.17, 15) is 0 Å². The van der Waals surface area contributed by atoms with Crippen LogP contribution in [0.5, 0.6) is 0 Å². The van der Waals surface area contributed by atoms with Gasteiger partial charge in [-0.15, -0.1) is 0 Å². The SMILES string of the molecule is COCCCCCNc1ccccc1C(N)=S. The number of nitrogens with one attached hydrogen (secondary N) is 1. The topological polar surface area (TPSA) is 47.3 Å². The number of benzene rings is 1. The molecule has 1 aromatic carbocycles. The molecule has 0 amide bonds. The van der Waals surface area contributed by atoms with Crippen molar-refractivity contribution in [2.75, 3.05) is 25.6 Å². The Hall–Kier alpha value is -1.13. The van der Waals surface area contributed by atoms with Crippen molar-refractivity contribution in [3.8, 4) is 0 Å². The number of unbranched alkanes of at least 4 members (excludes halogenated alkanes) is 2. The van der Waals surface area contributed by atoms with Crippen LogP contribution in [-0.2, 0) is 4.74 Å². The first-order chi connectivity index (χ1) is 8.25. The molecule has 0 heterocycles. The van der Waals surface area contributed by atoms with Crippen LogP contribution >= 0.6 is 12.2 Å². The Kier molecular flexibility index (Phi) is 6.58. The molecule has 3 N–H and O–H groups in total. The van der Waals surface area contributed by atoms with Crippen LogP contribution in [0, 0.1) is 0 Å². The van der Waals surface area contributed by atoms with E-state index in [-0.39, 0.29) is 0 Å². The van der Waals surface area contributed by atoms with Crippen LogP contribution in [0.2, 0.25) is 0 Å². The largest absolute Gasteiger partial charge is 0.389 e. The van der Waals surface area contributed by atoms with Gasteiger partial charge in [-0.2, -0.15) is 0 Å². The highest BCUT2D eigenvalue weighted by atomic mass is 32.1. The number of rotatable bonds is 8. The zero-order chi connectivity index (χ0) is 12.5. The van der Waals surface area contributed by atoms with Crippen LogP contribution in [-0.4, -0.2) is 25.2 Å². The summed E-state index contributed by atoms with van der Waals surface area (Å²) < 4.78 is 5.00. The summed E-state index contributed by atoms with van der Waals surface area (Å²) in [6, 6.07) is 7.87. The van der Waals surface area contributed by atoms with Gasteiger partial charge in [0, 0.05) is 31.5 Å². The maximum Gasteiger partial charge on any atom is 0.106 e. The third-order valence-corrected chi connectivity index (χ3v) is 2.75. The molecule has 17 heavy (non-hydrogen) atoms. The smallest absolute Gasteiger partial charge is 0.106 e. The number of para-hydroxylation sites is 1. The minimum atomic E-state index is 0.437. The molecule has 1 aromatic rings. The van der Waals surface area contributed by atoms with E-state index < -0.39 is 0 Å². The standard InChI is InChI=1S/C13H20N2OS/c1-16-10-6-2-5-9-15-12-8-4-3-7-11(12)13(14)17/h3-4,7-8,15H,2,5-6,9-10H2,1H3,(H2,14,17). The Morgan fingerprint density at radius 1 is 1.29 bits per heavy atom. The summed E-state index contributed by atoms with van der Waals surface area (Å²) >= 11 is 5.01. The molecular weight excluding hydrogens is 232 g/mol. The Bertz CT molecular complexity index is 355. The van der Waals surface area contributed by atoms with Gasteiger partial charge in [0.2, 0.25) is 0 Å². The zero-order valence-corrected chi connectivity index (χ0v) is 11.1. The summed E-state index contributed by atoms with van der Waals surface area (Å²) in [6.07, 6.45) is 3.39. The van der Waals surface area contributed by atoms with Crippen LogP contribution < -0.4 is 11.1 Å². The van der Waals surface area contributed by atoms with Gasteiger partial charge >= 0.3 is 0 Å². The van der Waals surface area contributed by atoms with Gasteiger partial charge in [-0.25, -0.2) is 0 Å². The van der Waals surface area contributed by atoms with Gasteiger partial charge in [0.15, 0.2) is 0 Å². The Morgan fingerprint density at radius 3 is 2.76 bits per heavy atom. The summed E-state index contributed by atoms with van der Waals surface area (Å²) in [4.78, 5) is 0.437. The second-order valence-corrected chi connectivity index (χ2v) is 4.33. The predicted molar refractivity (Wildman–Crippen MR) is 76.5 cm³/mol. The number of methoxy groups -OCH3 is 1. The number of ether oxygens (including phenoxy) is 1. The monoisotopic (exact) mass is 252 g/mol. The molecule has 0 aliphatic carbocycles. The summed E-state index contributed by atoms with van der Waals surface area (Å²) in [6.45, 7) is 1.77. The van der Waals surface area contributed by atoms with Gasteiger partial charge in [0.1, 0.15) is 4.99 Å². The third-order valence-electron chi connectivity index (χ3n) is 2.53. The molecule has 1 rings (SSSR count). The molecular formula is C13H20N2OS. The number of nitrogens with two attached hydrogens (primary N) is 1. The molecule has 0 aromatic heterocycles. The molecule has 0 atom stereocenters. The molecule has 0 fully saturated rings. The lowest BCUT2D eigenvalue weighted by atomic mass is 10.1. The van der Waals surface area contributed by atoms with Gasteiger partial charge < -0.3 is 15.8 Å². The predicted octanol–water partition coefficient (Wildman–Crippen LogP) is 2.55. The molecule has 0 spiro atoms. The lowest BCUT2D eigenvalue weighted by Gasteiger charge is -2.10. The van der Waals surface area contributed by atoms with Gasteiger partial charge in [0.05, 0.1) is 0 Å². The molecule has 0 aliphatic rings. The fraction of sp³-hybridized carbons (Fsp3) is 0.462. The van der Waals surface area contributed by atoms with Gasteiger partial charge in [-0.3, -0.25) is 0 Å². The van der Waals surface area contributed by atoms with E-state index in [2.05, 4.69) is 5.32 Å². The highest BCUT2D eigenvalue weighted by Gasteiger charge is 2.02. The van der Waals surface area contributed by atoms with Crippen molar-refractivity contribution in [2.45, 2.75) is 19.3 Å². The molecule has 0 saturated heterocycles. The van der Waals surface area contributed by atoms with Crippen molar-refractivity contribution in [1.82, 2.24) is 0 Å². The fourth-order valence-electron chi connectivity index (χ4n) is 1.62. The van der Waals surface area contributed by atoms with Crippen molar-refractivity contribution in [3.63, 3.8) is 0 Å². The Morgan fingerprint density at radius 2 is 2.06 bits per heavy atom. The first-order valence-corrected chi connectivity index (χ1v) is 6.28. The number of anilines is 1. The lowest BCUT2D eigenvalue weighted by molar-refractivity contribution is 0.192. The molecule has 0 saturated carbocycles. The average molecular weight is 252 g/mol. The van der Waals surface area contributed by atoms with E-state index in [0.717, 1.165) is 43.7 Å². The molecule has 0 unspecified atom stereocenters. The van der Waals surface area contributed by atoms with E-state index >= 15 is 0 Å². The molecule has 94 valence electrons. The lowest BCUT2D eigenvalue weighted by Crippen LogP contribution is -2.13. The first kappa shape index (κ1) is 13.9. The van der Waals surface area contributed by atoms with E-state index in [4.69, 9.17) is 22.7 Å². The Balaban J connectivity index is 2.34. The van der Waals surface area contributed by atoms with E-state index in [0.29, 0.717) is 4.99 Å². The summed E-state index contributed by atoms with van der Waals surface area (Å²) in [5.41, 5.74) is 7.60. The molecule has 4 heteroatoms. The minimum absolute atomic E-state index is 0.437. The van der Waals surface area contributed by atoms with Crippen LogP contribution in [0.1, 0.15) is 24.8 Å². The van der Waals surface area contributed by atoms with Gasteiger partial charge in [-0.1, -0.05) is 24.4 Å². The average Bonchev–Trinajstić information content (AvgIpc) is 2.34. The maximum atomic E-state index is 5.66. The fourth-order valence-corrected chi connectivity index (χ4v) is 1.80. The highest BCUT2D eigenvalue weighted by molar-refractivity contribution is 7.80. The number of hydrogen-bond acceptors (Lipinski definition) is 3. The molecule has 0 aliphatic heterocycles. The van der Waals surface area contributed by atoms with E-state index in [1.165, 1.54) is 0 Å². The Labute approximate surface area is 108 Å². The number of hydrogen-bond donors (Lipinski definition) is 2. The van der Waals surface area contributed by atoms with Crippen LogP contribution in [0.15, 0.2) is 24.3 Å². The number of thiocarbonyl (C=S) groups is 1. The minimum Gasteiger partial charge on any atom is -0.389 e. The second kappa shape index (κ2) is 8.03. The summed E-state index contributed by atoms with van der Waals surface area (Å²) in [5.74, 6) is 0. The molecule has 3 nitrogen and oxygen atoms in total. The van der Waals surface area contributed by atoms with Crippen molar-refractivity contribution >= 4 is 22.9 Å². The highest BCUT2D eigenvalue weighted by Crippen LogP contribution is 2.14. The van der Waals surface area contributed by atoms with Gasteiger partial charge in [0.25, 0.3) is 0 Å². The quantitative estimate of drug-likeness (QED) is 0.551. The van der Waals surface area contributed by atoms with Crippen molar-refractivity contribution in [2.24, 2.45) is 5.73 Å². The zero-order valence-electron chi connectivity index (χ0n) is 10.2. The van der Waals surface area contributed by atoms with Crippen molar-refractivity contribution < 1.29 is 4.74 Å². The molecule has 0 radical (unpaired) electrons. The molecule has 0 bridgehead atoms. The van der Waals surface area contributed by atoms with Crippen molar-refractivity contribution in [3.05, 3.63) is 29.8 Å². The first-order valence-electron chi connectivity index (χ1n) is 5.87. The van der Waals surface area contributed by atoms with Gasteiger partial charge in [-0.05, 0) is 31.4 Å².